The van der Waals surface area contributed by atoms with E-state index < -0.39 is 0 Å². The number of ether oxygens (including phenoxy) is 1. The number of benzene rings is 1. The zero-order chi connectivity index (χ0) is 11.0. The minimum absolute atomic E-state index is 0.832. The van der Waals surface area contributed by atoms with Gasteiger partial charge in [-0.3, -0.25) is 0 Å². The first-order chi connectivity index (χ1) is 7.90. The second kappa shape index (κ2) is 3.68. The molecular formula is C13H11NOS. The van der Waals surface area contributed by atoms with Crippen molar-refractivity contribution >= 4 is 22.1 Å². The summed E-state index contributed by atoms with van der Waals surface area (Å²) in [6, 6.07) is 10.5. The monoisotopic (exact) mass is 229 g/mol. The lowest BCUT2D eigenvalue weighted by molar-refractivity contribution is 0.405. The van der Waals surface area contributed by atoms with E-state index in [9.17, 15) is 0 Å². The molecule has 2 aromatic heterocycles. The van der Waals surface area contributed by atoms with Crippen molar-refractivity contribution in [1.29, 1.82) is 0 Å². The van der Waals surface area contributed by atoms with Gasteiger partial charge in [0, 0.05) is 22.0 Å². The number of methoxy groups -OCH3 is 1. The van der Waals surface area contributed by atoms with Crippen molar-refractivity contribution in [2.75, 3.05) is 7.11 Å². The maximum Gasteiger partial charge on any atom is 0.199 e. The lowest BCUT2D eigenvalue weighted by Crippen LogP contribution is -1.83. The van der Waals surface area contributed by atoms with Gasteiger partial charge in [-0.25, -0.2) is 0 Å². The predicted molar refractivity (Wildman–Crippen MR) is 68.2 cm³/mol. The first-order valence-corrected chi connectivity index (χ1v) is 5.96. The summed E-state index contributed by atoms with van der Waals surface area (Å²) < 4.78 is 5.36. The molecule has 3 heteroatoms. The molecule has 1 aromatic carbocycles. The number of fused-ring (bicyclic) bond motifs is 1. The molecule has 3 rings (SSSR count). The van der Waals surface area contributed by atoms with Gasteiger partial charge in [-0.15, -0.1) is 11.3 Å². The van der Waals surface area contributed by atoms with Crippen LogP contribution in [0.1, 0.15) is 0 Å². The van der Waals surface area contributed by atoms with E-state index in [0.717, 1.165) is 11.3 Å². The van der Waals surface area contributed by atoms with Crippen LogP contribution in [0.4, 0.5) is 0 Å². The zero-order valence-corrected chi connectivity index (χ0v) is 9.67. The molecule has 2 nitrogen and oxygen atoms in total. The lowest BCUT2D eigenvalue weighted by Gasteiger charge is -2.03. The number of rotatable bonds is 2. The Labute approximate surface area is 97.5 Å². The molecule has 2 heterocycles. The van der Waals surface area contributed by atoms with E-state index in [1.54, 1.807) is 18.4 Å². The first kappa shape index (κ1) is 9.48. The molecule has 0 aliphatic rings. The Morgan fingerprint density at radius 2 is 2.12 bits per heavy atom. The minimum atomic E-state index is 0.832. The number of thiophene rings is 1. The molecule has 0 radical (unpaired) electrons. The van der Waals surface area contributed by atoms with Crippen LogP contribution in [0, 0.1) is 0 Å². The molecule has 0 amide bonds. The molecule has 0 spiro atoms. The third-order valence-corrected chi connectivity index (χ3v) is 3.58. The van der Waals surface area contributed by atoms with Crippen LogP contribution in [-0.2, 0) is 0 Å². The van der Waals surface area contributed by atoms with Crippen molar-refractivity contribution in [3.63, 3.8) is 0 Å². The number of hydrogen-bond donors (Lipinski definition) is 1. The summed E-state index contributed by atoms with van der Waals surface area (Å²) in [6.45, 7) is 0. The van der Waals surface area contributed by atoms with Crippen LogP contribution in [-0.4, -0.2) is 12.1 Å². The average molecular weight is 229 g/mol. The Balaban J connectivity index is 2.35. The topological polar surface area (TPSA) is 25.0 Å². The van der Waals surface area contributed by atoms with Crippen molar-refractivity contribution in [2.45, 2.75) is 0 Å². The van der Waals surface area contributed by atoms with E-state index >= 15 is 0 Å². The molecule has 0 fully saturated rings. The fourth-order valence-corrected chi connectivity index (χ4v) is 2.72. The second-order valence-electron chi connectivity index (χ2n) is 3.57. The largest absolute Gasteiger partial charge is 0.482 e. The van der Waals surface area contributed by atoms with Gasteiger partial charge in [0.05, 0.1) is 12.5 Å². The van der Waals surface area contributed by atoms with E-state index in [2.05, 4.69) is 40.7 Å². The van der Waals surface area contributed by atoms with Crippen molar-refractivity contribution < 1.29 is 4.74 Å². The van der Waals surface area contributed by atoms with Gasteiger partial charge in [0.1, 0.15) is 0 Å². The van der Waals surface area contributed by atoms with Crippen LogP contribution in [0.2, 0.25) is 0 Å². The summed E-state index contributed by atoms with van der Waals surface area (Å²) in [4.78, 5) is 4.42. The van der Waals surface area contributed by atoms with Crippen molar-refractivity contribution in [3.8, 4) is 16.3 Å². The number of aromatic amines is 1. The van der Waals surface area contributed by atoms with Crippen molar-refractivity contribution in [2.24, 2.45) is 0 Å². The van der Waals surface area contributed by atoms with E-state index in [0.29, 0.717) is 0 Å². The normalized spacial score (nSPS) is 10.8. The Bertz CT molecular complexity index is 610. The summed E-state index contributed by atoms with van der Waals surface area (Å²) in [7, 11) is 1.69. The number of hydrogen-bond acceptors (Lipinski definition) is 2. The maximum atomic E-state index is 5.36. The van der Waals surface area contributed by atoms with Gasteiger partial charge < -0.3 is 9.72 Å². The second-order valence-corrected chi connectivity index (χ2v) is 4.52. The SMILES string of the molecule is COc1[nH]cc2cccc(-c3cccs3)c12. The van der Waals surface area contributed by atoms with Crippen LogP contribution in [0.5, 0.6) is 5.88 Å². The summed E-state index contributed by atoms with van der Waals surface area (Å²) in [5.41, 5.74) is 1.23. The predicted octanol–water partition coefficient (Wildman–Crippen LogP) is 3.91. The van der Waals surface area contributed by atoms with Crippen LogP contribution < -0.4 is 4.74 Å². The minimum Gasteiger partial charge on any atom is -0.482 e. The Morgan fingerprint density at radius 1 is 1.19 bits per heavy atom. The van der Waals surface area contributed by atoms with Crippen LogP contribution in [0.25, 0.3) is 21.2 Å². The molecule has 80 valence electrons. The smallest absolute Gasteiger partial charge is 0.199 e. The highest BCUT2D eigenvalue weighted by Crippen LogP contribution is 2.36. The zero-order valence-electron chi connectivity index (χ0n) is 8.86. The Hall–Kier alpha value is -1.74. The van der Waals surface area contributed by atoms with E-state index in [4.69, 9.17) is 4.74 Å². The van der Waals surface area contributed by atoms with Gasteiger partial charge in [-0.05, 0) is 11.4 Å². The summed E-state index contributed by atoms with van der Waals surface area (Å²) in [6.07, 6.45) is 1.98. The Morgan fingerprint density at radius 3 is 2.88 bits per heavy atom. The van der Waals surface area contributed by atoms with E-state index in [1.807, 2.05) is 6.20 Å². The van der Waals surface area contributed by atoms with Crippen LogP contribution in [0.3, 0.4) is 0 Å². The van der Waals surface area contributed by atoms with Gasteiger partial charge in [0.15, 0.2) is 5.88 Å². The molecule has 0 aliphatic carbocycles. The maximum absolute atomic E-state index is 5.36. The summed E-state index contributed by atoms with van der Waals surface area (Å²) in [5.74, 6) is 0.832. The average Bonchev–Trinajstić information content (AvgIpc) is 2.97. The molecule has 0 unspecified atom stereocenters. The fourth-order valence-electron chi connectivity index (χ4n) is 1.96. The van der Waals surface area contributed by atoms with Gasteiger partial charge in [-0.1, -0.05) is 24.3 Å². The van der Waals surface area contributed by atoms with Gasteiger partial charge >= 0.3 is 0 Å². The molecular weight excluding hydrogens is 218 g/mol. The highest BCUT2D eigenvalue weighted by Gasteiger charge is 2.10. The summed E-state index contributed by atoms with van der Waals surface area (Å²) in [5, 5.41) is 4.43. The van der Waals surface area contributed by atoms with Gasteiger partial charge in [-0.2, -0.15) is 0 Å². The molecule has 1 N–H and O–H groups in total. The van der Waals surface area contributed by atoms with Gasteiger partial charge in [0.2, 0.25) is 0 Å². The highest BCUT2D eigenvalue weighted by molar-refractivity contribution is 7.13. The number of aromatic nitrogens is 1. The lowest BCUT2D eigenvalue weighted by atomic mass is 10.1. The molecule has 3 aromatic rings. The number of H-pyrrole nitrogens is 1. The first-order valence-electron chi connectivity index (χ1n) is 5.08. The number of nitrogens with one attached hydrogen (secondary N) is 1. The molecule has 0 aliphatic heterocycles. The quantitative estimate of drug-likeness (QED) is 0.708. The van der Waals surface area contributed by atoms with Crippen molar-refractivity contribution in [1.82, 2.24) is 4.98 Å². The molecule has 0 atom stereocenters. The van der Waals surface area contributed by atoms with Gasteiger partial charge in [0.25, 0.3) is 0 Å². The third-order valence-electron chi connectivity index (χ3n) is 2.67. The molecule has 0 bridgehead atoms. The molecule has 0 saturated heterocycles. The van der Waals surface area contributed by atoms with Crippen LogP contribution >= 0.6 is 11.3 Å². The molecule has 0 saturated carbocycles. The van der Waals surface area contributed by atoms with E-state index in [1.165, 1.54) is 15.8 Å². The highest BCUT2D eigenvalue weighted by atomic mass is 32.1. The standard InChI is InChI=1S/C13H11NOS/c1-15-13-12-9(8-14-13)4-2-5-10(12)11-6-3-7-16-11/h2-8,14H,1H3. The Kier molecular flexibility index (Phi) is 2.18. The third kappa shape index (κ3) is 1.32. The summed E-state index contributed by atoms with van der Waals surface area (Å²) >= 11 is 1.74. The van der Waals surface area contributed by atoms with Crippen LogP contribution in [0.15, 0.2) is 41.9 Å². The fraction of sp³-hybridized carbons (Fsp3) is 0.0769. The van der Waals surface area contributed by atoms with Crippen molar-refractivity contribution in [3.05, 3.63) is 41.9 Å². The molecule has 16 heavy (non-hydrogen) atoms. The van der Waals surface area contributed by atoms with E-state index in [-0.39, 0.29) is 0 Å².